The Hall–Kier alpha value is -1.67. The molecule has 2 heterocycles. The minimum Gasteiger partial charge on any atom is -0.294 e. The Bertz CT molecular complexity index is 681. The zero-order valence-electron chi connectivity index (χ0n) is 13.9. The molecule has 0 saturated carbocycles. The second-order valence-corrected chi connectivity index (χ2v) is 6.54. The molecule has 1 aliphatic heterocycles. The Labute approximate surface area is 137 Å². The topological polar surface area (TPSA) is 12.4 Å². The standard InChI is InChI=1S/C12H8S.C6H11N.C2H6/c1-3-7-11-9(5-1)10-6-2-4-8-12(10)13-11;1-5-3-6(2)7-4-5;1-2/h1-8H;4-6H,3H2,1-2H3;1-2H3. The van der Waals surface area contributed by atoms with Crippen molar-refractivity contribution in [2.45, 2.75) is 40.2 Å². The van der Waals surface area contributed by atoms with E-state index >= 15 is 0 Å². The molecule has 3 aromatic rings. The highest BCUT2D eigenvalue weighted by atomic mass is 32.1. The van der Waals surface area contributed by atoms with Crippen LogP contribution in [0.5, 0.6) is 0 Å². The van der Waals surface area contributed by atoms with Gasteiger partial charge in [-0.15, -0.1) is 11.3 Å². The predicted octanol–water partition coefficient (Wildman–Crippen LogP) is 6.57. The monoisotopic (exact) mass is 311 g/mol. The van der Waals surface area contributed by atoms with Crippen molar-refractivity contribution < 1.29 is 0 Å². The lowest BCUT2D eigenvalue weighted by atomic mass is 10.1. The number of thiophene rings is 1. The summed E-state index contributed by atoms with van der Waals surface area (Å²) in [6, 6.07) is 17.7. The molecule has 22 heavy (non-hydrogen) atoms. The molecule has 1 nitrogen and oxygen atoms in total. The van der Waals surface area contributed by atoms with Crippen molar-refractivity contribution >= 4 is 37.7 Å². The first-order valence-electron chi connectivity index (χ1n) is 8.13. The molecule has 0 spiro atoms. The number of rotatable bonds is 0. The molecule has 0 bridgehead atoms. The molecule has 0 amide bonds. The second-order valence-electron chi connectivity index (χ2n) is 5.45. The zero-order chi connectivity index (χ0) is 15.9. The van der Waals surface area contributed by atoms with Gasteiger partial charge in [-0.3, -0.25) is 4.99 Å². The minimum atomic E-state index is 0.593. The number of aliphatic imine (C=N–C) groups is 1. The van der Waals surface area contributed by atoms with Crippen LogP contribution in [0.1, 0.15) is 34.1 Å². The third-order valence-electron chi connectivity index (χ3n) is 3.59. The van der Waals surface area contributed by atoms with E-state index < -0.39 is 0 Å². The number of fused-ring (bicyclic) bond motifs is 3. The Morgan fingerprint density at radius 1 is 0.864 bits per heavy atom. The highest BCUT2D eigenvalue weighted by molar-refractivity contribution is 7.25. The molecule has 116 valence electrons. The van der Waals surface area contributed by atoms with Crippen molar-refractivity contribution in [3.8, 4) is 0 Å². The molecule has 1 aromatic heterocycles. The van der Waals surface area contributed by atoms with E-state index in [9.17, 15) is 0 Å². The lowest BCUT2D eigenvalue weighted by molar-refractivity contribution is 0.644. The molecule has 2 unspecified atom stereocenters. The van der Waals surface area contributed by atoms with Crippen LogP contribution in [0.25, 0.3) is 20.2 Å². The Morgan fingerprint density at radius 2 is 1.36 bits per heavy atom. The van der Waals surface area contributed by atoms with Gasteiger partial charge in [-0.25, -0.2) is 0 Å². The number of hydrogen-bond acceptors (Lipinski definition) is 2. The van der Waals surface area contributed by atoms with Gasteiger partial charge in [0.1, 0.15) is 0 Å². The van der Waals surface area contributed by atoms with Crippen LogP contribution >= 0.6 is 11.3 Å². The van der Waals surface area contributed by atoms with E-state index in [4.69, 9.17) is 0 Å². The molecule has 0 aliphatic carbocycles. The Balaban J connectivity index is 0.000000167. The molecule has 0 radical (unpaired) electrons. The molecular weight excluding hydrogens is 286 g/mol. The van der Waals surface area contributed by atoms with Gasteiger partial charge >= 0.3 is 0 Å². The van der Waals surface area contributed by atoms with Gasteiger partial charge < -0.3 is 0 Å². The SMILES string of the molecule is CC.CC1C=NC(C)C1.c1ccc2c(c1)sc1ccccc12. The van der Waals surface area contributed by atoms with Crippen molar-refractivity contribution in [3.05, 3.63) is 48.5 Å². The normalized spacial score (nSPS) is 19.5. The van der Waals surface area contributed by atoms with Gasteiger partial charge in [0.05, 0.1) is 0 Å². The predicted molar refractivity (Wildman–Crippen MR) is 102 cm³/mol. The summed E-state index contributed by atoms with van der Waals surface area (Å²) in [7, 11) is 0. The molecule has 1 aliphatic rings. The zero-order valence-corrected chi connectivity index (χ0v) is 14.7. The highest BCUT2D eigenvalue weighted by Gasteiger charge is 2.09. The van der Waals surface area contributed by atoms with Crippen LogP contribution in [0, 0.1) is 5.92 Å². The quantitative estimate of drug-likeness (QED) is 0.445. The summed E-state index contributed by atoms with van der Waals surface area (Å²) in [5.74, 6) is 0.731. The fourth-order valence-corrected chi connectivity index (χ4v) is 3.73. The van der Waals surface area contributed by atoms with Gasteiger partial charge in [0.25, 0.3) is 0 Å². The van der Waals surface area contributed by atoms with E-state index in [1.54, 1.807) is 0 Å². The summed E-state index contributed by atoms with van der Waals surface area (Å²) in [6.07, 6.45) is 3.30. The van der Waals surface area contributed by atoms with E-state index in [0.717, 1.165) is 5.92 Å². The first-order chi connectivity index (χ1) is 10.7. The van der Waals surface area contributed by atoms with Gasteiger partial charge in [-0.05, 0) is 31.4 Å². The molecule has 2 atom stereocenters. The lowest BCUT2D eigenvalue weighted by Gasteiger charge is -1.95. The fourth-order valence-electron chi connectivity index (χ4n) is 2.63. The number of nitrogens with zero attached hydrogens (tertiary/aromatic N) is 1. The van der Waals surface area contributed by atoms with Crippen molar-refractivity contribution in [3.63, 3.8) is 0 Å². The number of benzene rings is 2. The summed E-state index contributed by atoms with van der Waals surface area (Å²) in [5, 5.41) is 2.76. The van der Waals surface area contributed by atoms with E-state index in [2.05, 4.69) is 67.4 Å². The summed E-state index contributed by atoms with van der Waals surface area (Å²) < 4.78 is 2.76. The van der Waals surface area contributed by atoms with Gasteiger partial charge in [0.2, 0.25) is 0 Å². The van der Waals surface area contributed by atoms with Crippen LogP contribution < -0.4 is 0 Å². The third-order valence-corrected chi connectivity index (χ3v) is 4.74. The summed E-state index contributed by atoms with van der Waals surface area (Å²) in [6.45, 7) is 8.35. The van der Waals surface area contributed by atoms with Crippen molar-refractivity contribution in [1.82, 2.24) is 0 Å². The average molecular weight is 311 g/mol. The molecule has 0 fully saturated rings. The maximum Gasteiger partial charge on any atom is 0.0473 e. The first kappa shape index (κ1) is 16.7. The van der Waals surface area contributed by atoms with Crippen LogP contribution in [-0.2, 0) is 0 Å². The van der Waals surface area contributed by atoms with Gasteiger partial charge in [0.15, 0.2) is 0 Å². The smallest absolute Gasteiger partial charge is 0.0473 e. The summed E-state index contributed by atoms with van der Waals surface area (Å²) in [4.78, 5) is 4.19. The largest absolute Gasteiger partial charge is 0.294 e. The molecule has 2 aromatic carbocycles. The van der Waals surface area contributed by atoms with E-state index in [1.165, 1.54) is 26.6 Å². The number of hydrogen-bond donors (Lipinski definition) is 0. The molecule has 0 N–H and O–H groups in total. The molecule has 0 saturated heterocycles. The first-order valence-corrected chi connectivity index (χ1v) is 8.95. The maximum atomic E-state index is 4.19. The van der Waals surface area contributed by atoms with E-state index in [-0.39, 0.29) is 0 Å². The van der Waals surface area contributed by atoms with Crippen LogP contribution in [0.3, 0.4) is 0 Å². The summed E-state index contributed by atoms with van der Waals surface area (Å²) >= 11 is 1.86. The van der Waals surface area contributed by atoms with E-state index in [0.29, 0.717) is 6.04 Å². The van der Waals surface area contributed by atoms with Crippen molar-refractivity contribution in [2.75, 3.05) is 0 Å². The fraction of sp³-hybridized carbons (Fsp3) is 0.350. The maximum absolute atomic E-state index is 4.19. The lowest BCUT2D eigenvalue weighted by Crippen LogP contribution is -1.94. The Kier molecular flexibility index (Phi) is 6.14. The van der Waals surface area contributed by atoms with Gasteiger partial charge in [0, 0.05) is 32.4 Å². The molecule has 2 heteroatoms. The Morgan fingerprint density at radius 3 is 1.73 bits per heavy atom. The van der Waals surface area contributed by atoms with Gasteiger partial charge in [-0.2, -0.15) is 0 Å². The van der Waals surface area contributed by atoms with Gasteiger partial charge in [-0.1, -0.05) is 57.2 Å². The average Bonchev–Trinajstić information content (AvgIpc) is 3.12. The second kappa shape index (κ2) is 8.09. The van der Waals surface area contributed by atoms with Crippen molar-refractivity contribution in [2.24, 2.45) is 10.9 Å². The van der Waals surface area contributed by atoms with Crippen molar-refractivity contribution in [1.29, 1.82) is 0 Å². The third kappa shape index (κ3) is 3.95. The van der Waals surface area contributed by atoms with E-state index in [1.807, 2.05) is 31.4 Å². The van der Waals surface area contributed by atoms with Crippen LogP contribution in [0.15, 0.2) is 53.5 Å². The van der Waals surface area contributed by atoms with Crippen LogP contribution in [0.4, 0.5) is 0 Å². The highest BCUT2D eigenvalue weighted by Crippen LogP contribution is 2.32. The molecular formula is C20H25NS. The minimum absolute atomic E-state index is 0.593. The summed E-state index contributed by atoms with van der Waals surface area (Å²) in [5.41, 5.74) is 0. The van der Waals surface area contributed by atoms with Crippen LogP contribution in [0.2, 0.25) is 0 Å². The molecule has 4 rings (SSSR count). The van der Waals surface area contributed by atoms with Crippen LogP contribution in [-0.4, -0.2) is 12.3 Å².